The van der Waals surface area contributed by atoms with Gasteiger partial charge in [0, 0.05) is 0 Å². The SMILES string of the molecule is Cc1ccc(S(=O)(=O)O)cc1CCCc1cccc2c1OC=CO2. The molecule has 1 aliphatic heterocycles. The van der Waals surface area contributed by atoms with Crippen LogP contribution in [0.1, 0.15) is 23.1 Å². The number of rotatable bonds is 5. The smallest absolute Gasteiger partial charge is 0.294 e. The zero-order chi connectivity index (χ0) is 17.2. The molecular formula is C18H18O5S. The van der Waals surface area contributed by atoms with Crippen LogP contribution in [0.2, 0.25) is 0 Å². The van der Waals surface area contributed by atoms with Gasteiger partial charge in [-0.05, 0) is 61.1 Å². The van der Waals surface area contributed by atoms with Gasteiger partial charge in [0.1, 0.15) is 12.5 Å². The number of fused-ring (bicyclic) bond motifs is 1. The number of para-hydroxylation sites is 1. The highest BCUT2D eigenvalue weighted by atomic mass is 32.2. The largest absolute Gasteiger partial charge is 0.458 e. The van der Waals surface area contributed by atoms with Crippen molar-refractivity contribution in [2.24, 2.45) is 0 Å². The molecular weight excluding hydrogens is 328 g/mol. The average Bonchev–Trinajstić information content (AvgIpc) is 2.55. The molecule has 5 nitrogen and oxygen atoms in total. The third kappa shape index (κ3) is 3.60. The van der Waals surface area contributed by atoms with Gasteiger partial charge >= 0.3 is 0 Å². The summed E-state index contributed by atoms with van der Waals surface area (Å²) in [5, 5.41) is 0. The lowest BCUT2D eigenvalue weighted by atomic mass is 10.00. The summed E-state index contributed by atoms with van der Waals surface area (Å²) in [5.74, 6) is 1.42. The topological polar surface area (TPSA) is 72.8 Å². The van der Waals surface area contributed by atoms with Crippen molar-refractivity contribution in [2.75, 3.05) is 0 Å². The van der Waals surface area contributed by atoms with Gasteiger partial charge in [-0.1, -0.05) is 18.2 Å². The van der Waals surface area contributed by atoms with Crippen molar-refractivity contribution < 1.29 is 22.4 Å². The van der Waals surface area contributed by atoms with Crippen LogP contribution in [0.25, 0.3) is 0 Å². The molecule has 0 amide bonds. The maximum atomic E-state index is 11.3. The number of hydrogen-bond donors (Lipinski definition) is 1. The summed E-state index contributed by atoms with van der Waals surface area (Å²) in [4.78, 5) is -0.0675. The third-order valence-electron chi connectivity index (χ3n) is 4.01. The molecule has 0 bridgehead atoms. The van der Waals surface area contributed by atoms with Crippen LogP contribution in [0.15, 0.2) is 53.8 Å². The third-order valence-corrected chi connectivity index (χ3v) is 4.86. The first kappa shape index (κ1) is 16.5. The highest BCUT2D eigenvalue weighted by molar-refractivity contribution is 7.85. The van der Waals surface area contributed by atoms with Crippen molar-refractivity contribution in [3.8, 4) is 11.5 Å². The summed E-state index contributed by atoms with van der Waals surface area (Å²) in [6.07, 6.45) is 5.30. The van der Waals surface area contributed by atoms with E-state index in [-0.39, 0.29) is 4.90 Å². The molecule has 2 aromatic rings. The number of aryl methyl sites for hydroxylation is 3. The van der Waals surface area contributed by atoms with Gasteiger partial charge in [-0.3, -0.25) is 4.55 Å². The van der Waals surface area contributed by atoms with Crippen LogP contribution < -0.4 is 9.47 Å². The molecule has 24 heavy (non-hydrogen) atoms. The van der Waals surface area contributed by atoms with Gasteiger partial charge in [0.25, 0.3) is 10.1 Å². The highest BCUT2D eigenvalue weighted by Crippen LogP contribution is 2.34. The Morgan fingerprint density at radius 3 is 2.54 bits per heavy atom. The average molecular weight is 346 g/mol. The molecule has 0 fully saturated rings. The molecule has 2 aromatic carbocycles. The molecule has 0 aromatic heterocycles. The van der Waals surface area contributed by atoms with Crippen molar-refractivity contribution in [3.63, 3.8) is 0 Å². The summed E-state index contributed by atoms with van der Waals surface area (Å²) >= 11 is 0. The standard InChI is InChI=1S/C18H18O5S/c1-13-8-9-16(24(19,20)21)12-15(13)6-2-4-14-5-3-7-17-18(14)23-11-10-22-17/h3,5,7-12H,2,4,6H2,1H3,(H,19,20,21). The number of hydrogen-bond acceptors (Lipinski definition) is 4. The van der Waals surface area contributed by atoms with E-state index in [1.165, 1.54) is 24.7 Å². The normalized spacial score (nSPS) is 13.1. The number of ether oxygens (including phenoxy) is 2. The molecule has 0 aliphatic carbocycles. The van der Waals surface area contributed by atoms with Gasteiger partial charge in [-0.2, -0.15) is 8.42 Å². The highest BCUT2D eigenvalue weighted by Gasteiger charge is 2.14. The molecule has 1 N–H and O–H groups in total. The van der Waals surface area contributed by atoms with Crippen LogP contribution in [-0.4, -0.2) is 13.0 Å². The lowest BCUT2D eigenvalue weighted by molar-refractivity contribution is 0.358. The minimum absolute atomic E-state index is 0.0675. The minimum atomic E-state index is -4.18. The molecule has 0 saturated carbocycles. The fourth-order valence-electron chi connectivity index (χ4n) is 2.73. The molecule has 0 atom stereocenters. The van der Waals surface area contributed by atoms with Gasteiger partial charge in [0.2, 0.25) is 0 Å². The second-order valence-corrected chi connectivity index (χ2v) is 7.09. The second-order valence-electron chi connectivity index (χ2n) is 5.67. The van der Waals surface area contributed by atoms with Gasteiger partial charge in [-0.15, -0.1) is 0 Å². The maximum absolute atomic E-state index is 11.3. The van der Waals surface area contributed by atoms with Crippen molar-refractivity contribution in [3.05, 3.63) is 65.6 Å². The molecule has 0 unspecified atom stereocenters. The summed E-state index contributed by atoms with van der Waals surface area (Å²) in [5.41, 5.74) is 2.95. The zero-order valence-corrected chi connectivity index (χ0v) is 14.0. The Bertz CT molecular complexity index is 884. The van der Waals surface area contributed by atoms with Crippen molar-refractivity contribution >= 4 is 10.1 Å². The van der Waals surface area contributed by atoms with E-state index in [2.05, 4.69) is 0 Å². The van der Waals surface area contributed by atoms with Gasteiger partial charge in [0.05, 0.1) is 4.90 Å². The van der Waals surface area contributed by atoms with Gasteiger partial charge < -0.3 is 9.47 Å². The zero-order valence-electron chi connectivity index (χ0n) is 13.2. The lowest BCUT2D eigenvalue weighted by Crippen LogP contribution is -2.02. The molecule has 1 heterocycles. The first-order valence-electron chi connectivity index (χ1n) is 7.62. The molecule has 0 spiro atoms. The molecule has 3 rings (SSSR count). The predicted molar refractivity (Wildman–Crippen MR) is 89.9 cm³/mol. The van der Waals surface area contributed by atoms with E-state index in [1.807, 2.05) is 25.1 Å². The summed E-state index contributed by atoms with van der Waals surface area (Å²) in [6.45, 7) is 1.93. The Morgan fingerprint density at radius 1 is 1.00 bits per heavy atom. The van der Waals surface area contributed by atoms with Crippen molar-refractivity contribution in [1.29, 1.82) is 0 Å². The van der Waals surface area contributed by atoms with Crippen LogP contribution in [0.3, 0.4) is 0 Å². The molecule has 126 valence electrons. The van der Waals surface area contributed by atoms with Crippen LogP contribution in [-0.2, 0) is 23.0 Å². The lowest BCUT2D eigenvalue weighted by Gasteiger charge is -2.16. The van der Waals surface area contributed by atoms with E-state index in [0.29, 0.717) is 12.2 Å². The van der Waals surface area contributed by atoms with E-state index < -0.39 is 10.1 Å². The molecule has 0 radical (unpaired) electrons. The predicted octanol–water partition coefficient (Wildman–Crippen LogP) is 3.66. The Hall–Kier alpha value is -2.31. The maximum Gasteiger partial charge on any atom is 0.294 e. The number of benzene rings is 2. The van der Waals surface area contributed by atoms with Crippen LogP contribution >= 0.6 is 0 Å². The first-order chi connectivity index (χ1) is 11.4. The van der Waals surface area contributed by atoms with E-state index in [9.17, 15) is 13.0 Å². The van der Waals surface area contributed by atoms with Crippen LogP contribution in [0, 0.1) is 6.92 Å². The Labute approximate surface area is 141 Å². The van der Waals surface area contributed by atoms with E-state index in [1.54, 1.807) is 6.07 Å². The Kier molecular flexibility index (Phi) is 4.59. The first-order valence-corrected chi connectivity index (χ1v) is 9.06. The molecule has 1 aliphatic rings. The molecule has 6 heteroatoms. The Balaban J connectivity index is 1.72. The quantitative estimate of drug-likeness (QED) is 0.837. The summed E-state index contributed by atoms with van der Waals surface area (Å²) in [7, 11) is -4.18. The Morgan fingerprint density at radius 2 is 1.75 bits per heavy atom. The van der Waals surface area contributed by atoms with Crippen molar-refractivity contribution in [1.82, 2.24) is 0 Å². The van der Waals surface area contributed by atoms with Gasteiger partial charge in [-0.25, -0.2) is 0 Å². The monoisotopic (exact) mass is 346 g/mol. The summed E-state index contributed by atoms with van der Waals surface area (Å²) in [6, 6.07) is 10.4. The van der Waals surface area contributed by atoms with Crippen molar-refractivity contribution in [2.45, 2.75) is 31.1 Å². The molecule has 0 saturated heterocycles. The van der Waals surface area contributed by atoms with Crippen LogP contribution in [0.5, 0.6) is 11.5 Å². The fraction of sp³-hybridized carbons (Fsp3) is 0.222. The minimum Gasteiger partial charge on any atom is -0.458 e. The summed E-state index contributed by atoms with van der Waals surface area (Å²) < 4.78 is 42.6. The second kappa shape index (κ2) is 6.67. The van der Waals surface area contributed by atoms with Crippen LogP contribution in [0.4, 0.5) is 0 Å². The fourth-order valence-corrected chi connectivity index (χ4v) is 3.26. The van der Waals surface area contributed by atoms with E-state index in [4.69, 9.17) is 9.47 Å². The van der Waals surface area contributed by atoms with E-state index >= 15 is 0 Å². The van der Waals surface area contributed by atoms with Gasteiger partial charge in [0.15, 0.2) is 11.5 Å². The van der Waals surface area contributed by atoms with E-state index in [0.717, 1.165) is 35.3 Å².